The summed E-state index contributed by atoms with van der Waals surface area (Å²) in [6.07, 6.45) is 0. The van der Waals surface area contributed by atoms with Gasteiger partial charge in [-0.05, 0) is 53.2 Å². The molecule has 1 aromatic heterocycles. The van der Waals surface area contributed by atoms with E-state index in [-0.39, 0.29) is 5.91 Å². The van der Waals surface area contributed by atoms with Crippen LogP contribution in [0.3, 0.4) is 0 Å². The van der Waals surface area contributed by atoms with Crippen LogP contribution in [0.1, 0.15) is 21.7 Å². The molecular weight excluding hydrogens is 332 g/mol. The van der Waals surface area contributed by atoms with Gasteiger partial charge in [-0.25, -0.2) is 0 Å². The number of hydrogen-bond donors (Lipinski definition) is 0. The fourth-order valence-electron chi connectivity index (χ4n) is 2.00. The molecule has 0 aliphatic heterocycles. The largest absolute Gasteiger partial charge is 0.497 e. The minimum absolute atomic E-state index is 0.0796. The fourth-order valence-corrected chi connectivity index (χ4v) is 2.42. The van der Waals surface area contributed by atoms with Crippen LogP contribution >= 0.6 is 15.9 Å². The van der Waals surface area contributed by atoms with Gasteiger partial charge < -0.3 is 9.64 Å². The monoisotopic (exact) mass is 348 g/mol. The number of hydrogen-bond acceptors (Lipinski definition) is 3. The van der Waals surface area contributed by atoms with Gasteiger partial charge in [-0.1, -0.05) is 6.07 Å². The standard InChI is InChI=1S/C16H17BrN2O2/c1-11-5-4-6-12(18-11)10-19(2)16(20)14-9-13(21-3)7-8-15(14)17/h4-9H,10H2,1-3H3. The van der Waals surface area contributed by atoms with E-state index in [0.29, 0.717) is 17.9 Å². The minimum atomic E-state index is -0.0796. The molecule has 2 aromatic rings. The summed E-state index contributed by atoms with van der Waals surface area (Å²) < 4.78 is 5.92. The number of ether oxygens (including phenoxy) is 1. The van der Waals surface area contributed by atoms with Gasteiger partial charge in [0.25, 0.3) is 5.91 Å². The summed E-state index contributed by atoms with van der Waals surface area (Å²) >= 11 is 3.41. The van der Waals surface area contributed by atoms with Gasteiger partial charge in [-0.3, -0.25) is 9.78 Å². The molecule has 5 heteroatoms. The van der Waals surface area contributed by atoms with Crippen molar-refractivity contribution in [1.29, 1.82) is 0 Å². The Morgan fingerprint density at radius 1 is 1.33 bits per heavy atom. The van der Waals surface area contributed by atoms with Gasteiger partial charge >= 0.3 is 0 Å². The van der Waals surface area contributed by atoms with Crippen LogP contribution in [0.5, 0.6) is 5.75 Å². The van der Waals surface area contributed by atoms with Crippen molar-refractivity contribution in [2.75, 3.05) is 14.2 Å². The highest BCUT2D eigenvalue weighted by atomic mass is 79.9. The molecule has 21 heavy (non-hydrogen) atoms. The molecule has 110 valence electrons. The first-order valence-electron chi connectivity index (χ1n) is 6.53. The molecule has 0 N–H and O–H groups in total. The summed E-state index contributed by atoms with van der Waals surface area (Å²) in [6.45, 7) is 2.40. The molecule has 0 saturated carbocycles. The molecule has 0 atom stereocenters. The Bertz CT molecular complexity index is 658. The fraction of sp³-hybridized carbons (Fsp3) is 0.250. The SMILES string of the molecule is COc1ccc(Br)c(C(=O)N(C)Cc2cccc(C)n2)c1. The molecule has 1 heterocycles. The van der Waals surface area contributed by atoms with Crippen LogP contribution < -0.4 is 4.74 Å². The van der Waals surface area contributed by atoms with Gasteiger partial charge in [0.15, 0.2) is 0 Å². The highest BCUT2D eigenvalue weighted by Crippen LogP contribution is 2.24. The minimum Gasteiger partial charge on any atom is -0.497 e. The van der Waals surface area contributed by atoms with Crippen LogP contribution in [-0.4, -0.2) is 29.9 Å². The Morgan fingerprint density at radius 3 is 2.76 bits per heavy atom. The Balaban J connectivity index is 2.19. The molecule has 0 spiro atoms. The van der Waals surface area contributed by atoms with Crippen LogP contribution in [0.15, 0.2) is 40.9 Å². The topological polar surface area (TPSA) is 42.4 Å². The van der Waals surface area contributed by atoms with Gasteiger partial charge in [0.1, 0.15) is 5.75 Å². The predicted octanol–water partition coefficient (Wildman–Crippen LogP) is 3.43. The summed E-state index contributed by atoms with van der Waals surface area (Å²) in [7, 11) is 3.34. The molecule has 0 aliphatic rings. The van der Waals surface area contributed by atoms with Crippen LogP contribution in [0.25, 0.3) is 0 Å². The number of rotatable bonds is 4. The normalized spacial score (nSPS) is 10.3. The van der Waals surface area contributed by atoms with Crippen molar-refractivity contribution in [1.82, 2.24) is 9.88 Å². The smallest absolute Gasteiger partial charge is 0.255 e. The van der Waals surface area contributed by atoms with Crippen LogP contribution in [0, 0.1) is 6.92 Å². The van der Waals surface area contributed by atoms with Crippen LogP contribution in [0.4, 0.5) is 0 Å². The lowest BCUT2D eigenvalue weighted by Crippen LogP contribution is -2.27. The molecule has 2 rings (SSSR count). The molecule has 0 saturated heterocycles. The first-order chi connectivity index (χ1) is 10.0. The number of benzene rings is 1. The predicted molar refractivity (Wildman–Crippen MR) is 85.5 cm³/mol. The second-order valence-corrected chi connectivity index (χ2v) is 5.63. The maximum absolute atomic E-state index is 12.5. The van der Waals surface area contributed by atoms with E-state index < -0.39 is 0 Å². The van der Waals surface area contributed by atoms with E-state index in [9.17, 15) is 4.79 Å². The van der Waals surface area contributed by atoms with E-state index in [1.165, 1.54) is 0 Å². The molecular formula is C16H17BrN2O2. The molecule has 0 fully saturated rings. The zero-order chi connectivity index (χ0) is 15.4. The highest BCUT2D eigenvalue weighted by molar-refractivity contribution is 9.10. The first kappa shape index (κ1) is 15.5. The summed E-state index contributed by atoms with van der Waals surface area (Å²) in [5, 5.41) is 0. The number of pyridine rings is 1. The van der Waals surface area contributed by atoms with Crippen molar-refractivity contribution in [3.63, 3.8) is 0 Å². The summed E-state index contributed by atoms with van der Waals surface area (Å²) in [6, 6.07) is 11.1. The number of nitrogens with zero attached hydrogens (tertiary/aromatic N) is 2. The molecule has 0 radical (unpaired) electrons. The van der Waals surface area contributed by atoms with Crippen molar-refractivity contribution >= 4 is 21.8 Å². The molecule has 0 aliphatic carbocycles. The van der Waals surface area contributed by atoms with Gasteiger partial charge in [-0.15, -0.1) is 0 Å². The van der Waals surface area contributed by atoms with E-state index in [4.69, 9.17) is 4.74 Å². The maximum Gasteiger partial charge on any atom is 0.255 e. The van der Waals surface area contributed by atoms with E-state index in [1.54, 1.807) is 25.1 Å². The summed E-state index contributed by atoms with van der Waals surface area (Å²) in [4.78, 5) is 18.6. The lowest BCUT2D eigenvalue weighted by atomic mass is 10.2. The number of carbonyl (C=O) groups excluding carboxylic acids is 1. The molecule has 1 amide bonds. The number of amides is 1. The van der Waals surface area contributed by atoms with Crippen molar-refractivity contribution in [2.24, 2.45) is 0 Å². The third kappa shape index (κ3) is 3.82. The zero-order valence-corrected chi connectivity index (χ0v) is 13.8. The third-order valence-electron chi connectivity index (χ3n) is 3.10. The van der Waals surface area contributed by atoms with Crippen molar-refractivity contribution in [3.05, 3.63) is 57.8 Å². The zero-order valence-electron chi connectivity index (χ0n) is 12.3. The van der Waals surface area contributed by atoms with Gasteiger partial charge in [0.2, 0.25) is 0 Å². The Kier molecular flexibility index (Phi) is 4.96. The van der Waals surface area contributed by atoms with E-state index in [0.717, 1.165) is 15.9 Å². The lowest BCUT2D eigenvalue weighted by Gasteiger charge is -2.18. The Labute approximate surface area is 132 Å². The summed E-state index contributed by atoms with van der Waals surface area (Å²) in [5.41, 5.74) is 2.38. The summed E-state index contributed by atoms with van der Waals surface area (Å²) in [5.74, 6) is 0.577. The van der Waals surface area contributed by atoms with Crippen molar-refractivity contribution in [2.45, 2.75) is 13.5 Å². The number of methoxy groups -OCH3 is 1. The number of aryl methyl sites for hydroxylation is 1. The van der Waals surface area contributed by atoms with E-state index in [2.05, 4.69) is 20.9 Å². The second-order valence-electron chi connectivity index (χ2n) is 4.78. The number of aromatic nitrogens is 1. The maximum atomic E-state index is 12.5. The third-order valence-corrected chi connectivity index (χ3v) is 3.79. The van der Waals surface area contributed by atoms with Gasteiger partial charge in [0.05, 0.1) is 24.9 Å². The van der Waals surface area contributed by atoms with Crippen LogP contribution in [0.2, 0.25) is 0 Å². The number of halogens is 1. The Hall–Kier alpha value is -1.88. The Morgan fingerprint density at radius 2 is 2.10 bits per heavy atom. The van der Waals surface area contributed by atoms with Gasteiger partial charge in [0, 0.05) is 17.2 Å². The van der Waals surface area contributed by atoms with E-state index in [1.807, 2.05) is 37.3 Å². The average molecular weight is 349 g/mol. The second kappa shape index (κ2) is 6.72. The first-order valence-corrected chi connectivity index (χ1v) is 7.32. The quantitative estimate of drug-likeness (QED) is 0.849. The average Bonchev–Trinajstić information content (AvgIpc) is 2.47. The highest BCUT2D eigenvalue weighted by Gasteiger charge is 2.16. The lowest BCUT2D eigenvalue weighted by molar-refractivity contribution is 0.0782. The van der Waals surface area contributed by atoms with Gasteiger partial charge in [-0.2, -0.15) is 0 Å². The number of carbonyl (C=O) groups is 1. The molecule has 4 nitrogen and oxygen atoms in total. The molecule has 0 unspecified atom stereocenters. The van der Waals surface area contributed by atoms with Crippen LogP contribution in [-0.2, 0) is 6.54 Å². The van der Waals surface area contributed by atoms with E-state index >= 15 is 0 Å². The molecule has 1 aromatic carbocycles. The van der Waals surface area contributed by atoms with Crippen molar-refractivity contribution in [3.8, 4) is 5.75 Å². The molecule has 0 bridgehead atoms. The van der Waals surface area contributed by atoms with Crippen molar-refractivity contribution < 1.29 is 9.53 Å².